The lowest BCUT2D eigenvalue weighted by molar-refractivity contribution is 0.0615. The van der Waals surface area contributed by atoms with E-state index in [1.165, 1.54) is 18.0 Å². The second-order valence-corrected chi connectivity index (χ2v) is 6.13. The van der Waals surface area contributed by atoms with Crippen LogP contribution >= 0.6 is 23.2 Å². The summed E-state index contributed by atoms with van der Waals surface area (Å²) in [7, 11) is 1.52. The zero-order valence-electron chi connectivity index (χ0n) is 13.4. The Morgan fingerprint density at radius 2 is 2.17 bits per heavy atom. The fourth-order valence-corrected chi connectivity index (χ4v) is 2.47. The van der Waals surface area contributed by atoms with Gasteiger partial charge >= 0.3 is 0 Å². The van der Waals surface area contributed by atoms with Crippen molar-refractivity contribution in [3.63, 3.8) is 0 Å². The third-order valence-corrected chi connectivity index (χ3v) is 4.24. The third-order valence-electron chi connectivity index (χ3n) is 3.47. The Morgan fingerprint density at radius 1 is 1.42 bits per heavy atom. The van der Waals surface area contributed by atoms with E-state index in [-0.39, 0.29) is 11.6 Å². The minimum absolute atomic E-state index is 0.0305. The van der Waals surface area contributed by atoms with Crippen molar-refractivity contribution >= 4 is 28.9 Å². The van der Waals surface area contributed by atoms with Gasteiger partial charge in [0.1, 0.15) is 5.02 Å². The number of nitrogens with one attached hydrogen (secondary N) is 1. The topological polar surface area (TPSA) is 76.4 Å². The molecule has 0 amide bonds. The van der Waals surface area contributed by atoms with Crippen LogP contribution in [0.15, 0.2) is 29.2 Å². The monoisotopic (exact) mass is 371 g/mol. The van der Waals surface area contributed by atoms with Gasteiger partial charge in [0.15, 0.2) is 0 Å². The molecule has 6 nitrogen and oxygen atoms in total. The number of aryl methyl sites for hydroxylation is 1. The second-order valence-electron chi connectivity index (χ2n) is 5.35. The lowest BCUT2D eigenvalue weighted by atomic mass is 10.2. The number of halogens is 2. The molecule has 8 heteroatoms. The fraction of sp³-hybridized carbons (Fsp3) is 0.375. The normalized spacial score (nSPS) is 12.2. The number of methoxy groups -OCH3 is 1. The molecule has 2 rings (SSSR count). The third kappa shape index (κ3) is 4.48. The first-order valence-electron chi connectivity index (χ1n) is 7.39. The van der Waals surface area contributed by atoms with E-state index in [1.807, 2.05) is 13.0 Å². The van der Waals surface area contributed by atoms with Gasteiger partial charge in [0.2, 0.25) is 0 Å². The van der Waals surface area contributed by atoms with Crippen LogP contribution in [0.2, 0.25) is 10.0 Å². The van der Waals surface area contributed by atoms with Crippen molar-refractivity contribution in [2.24, 2.45) is 0 Å². The molecule has 1 heterocycles. The van der Waals surface area contributed by atoms with Gasteiger partial charge in [-0.15, -0.1) is 0 Å². The van der Waals surface area contributed by atoms with E-state index in [9.17, 15) is 9.90 Å². The van der Waals surface area contributed by atoms with Gasteiger partial charge < -0.3 is 15.2 Å². The van der Waals surface area contributed by atoms with E-state index >= 15 is 0 Å². The lowest BCUT2D eigenvalue weighted by Gasteiger charge is -2.13. The van der Waals surface area contributed by atoms with Crippen LogP contribution in [0.4, 0.5) is 5.69 Å². The highest BCUT2D eigenvalue weighted by molar-refractivity contribution is 6.33. The Labute approximate surface area is 150 Å². The van der Waals surface area contributed by atoms with Gasteiger partial charge in [-0.1, -0.05) is 29.3 Å². The van der Waals surface area contributed by atoms with Gasteiger partial charge in [-0.05, 0) is 31.0 Å². The van der Waals surface area contributed by atoms with Gasteiger partial charge in [0.05, 0.1) is 30.3 Å². The van der Waals surface area contributed by atoms with E-state index in [0.29, 0.717) is 29.4 Å². The summed E-state index contributed by atoms with van der Waals surface area (Å²) in [6, 6.07) is 5.22. The van der Waals surface area contributed by atoms with E-state index in [0.717, 1.165) is 5.56 Å². The predicted octanol–water partition coefficient (Wildman–Crippen LogP) is 2.66. The zero-order chi connectivity index (χ0) is 17.7. The van der Waals surface area contributed by atoms with Crippen molar-refractivity contribution in [3.05, 3.63) is 50.4 Å². The lowest BCUT2D eigenvalue weighted by Crippen LogP contribution is -2.24. The fourth-order valence-electron chi connectivity index (χ4n) is 2.10. The Balaban J connectivity index is 2.16. The van der Waals surface area contributed by atoms with Crippen LogP contribution < -0.4 is 10.9 Å². The van der Waals surface area contributed by atoms with Crippen molar-refractivity contribution < 1.29 is 9.84 Å². The molecule has 0 fully saturated rings. The second kappa shape index (κ2) is 8.48. The predicted molar refractivity (Wildman–Crippen MR) is 95.6 cm³/mol. The Bertz CT molecular complexity index is 765. The molecular formula is C16H19Cl2N3O3. The van der Waals surface area contributed by atoms with Gasteiger partial charge in [-0.3, -0.25) is 4.79 Å². The smallest absolute Gasteiger partial charge is 0.292 e. The summed E-state index contributed by atoms with van der Waals surface area (Å²) in [5.41, 5.74) is 1.42. The Morgan fingerprint density at radius 3 is 2.83 bits per heavy atom. The maximum absolute atomic E-state index is 12.4. The molecule has 0 bridgehead atoms. The molecule has 1 aromatic heterocycles. The van der Waals surface area contributed by atoms with Crippen LogP contribution in [0.25, 0.3) is 5.69 Å². The van der Waals surface area contributed by atoms with Gasteiger partial charge in [-0.2, -0.15) is 9.78 Å². The first kappa shape index (κ1) is 18.7. The van der Waals surface area contributed by atoms with Crippen molar-refractivity contribution in [1.29, 1.82) is 0 Å². The maximum Gasteiger partial charge on any atom is 0.292 e. The number of hydrogen-bond acceptors (Lipinski definition) is 5. The largest absolute Gasteiger partial charge is 0.391 e. The molecule has 0 saturated carbocycles. The molecule has 24 heavy (non-hydrogen) atoms. The molecule has 130 valence electrons. The first-order valence-corrected chi connectivity index (χ1v) is 8.15. The van der Waals surface area contributed by atoms with E-state index in [4.69, 9.17) is 27.9 Å². The van der Waals surface area contributed by atoms with E-state index < -0.39 is 11.7 Å². The van der Waals surface area contributed by atoms with Crippen molar-refractivity contribution in [2.75, 3.05) is 25.6 Å². The molecule has 2 N–H and O–H groups in total. The molecule has 0 aliphatic carbocycles. The number of aliphatic hydroxyl groups is 1. The summed E-state index contributed by atoms with van der Waals surface area (Å²) >= 11 is 12.2. The van der Waals surface area contributed by atoms with E-state index in [1.54, 1.807) is 12.1 Å². The number of aliphatic hydroxyl groups excluding tert-OH is 1. The standard InChI is InChI=1S/C16H19Cl2N3O3/c1-10-3-4-11(7-13(10)17)21-16(23)15(18)14(8-20-21)19-6-5-12(22)9-24-2/h3-4,7-8,12,19,22H,5-6,9H2,1-2H3. The van der Waals surface area contributed by atoms with Crippen LogP contribution in [0.1, 0.15) is 12.0 Å². The minimum atomic E-state index is -0.579. The molecule has 2 aromatic rings. The summed E-state index contributed by atoms with van der Waals surface area (Å²) in [4.78, 5) is 12.4. The number of benzene rings is 1. The molecule has 1 aromatic carbocycles. The van der Waals surface area contributed by atoms with Crippen molar-refractivity contribution in [2.45, 2.75) is 19.4 Å². The molecule has 0 aliphatic rings. The molecule has 0 aliphatic heterocycles. The summed E-state index contributed by atoms with van der Waals surface area (Å²) in [6.45, 7) is 2.56. The van der Waals surface area contributed by atoms with Gasteiger partial charge in [0.25, 0.3) is 5.56 Å². The molecular weight excluding hydrogens is 353 g/mol. The average Bonchev–Trinajstić information content (AvgIpc) is 2.55. The first-order chi connectivity index (χ1) is 11.4. The SMILES string of the molecule is COCC(O)CCNc1cnn(-c2ccc(C)c(Cl)c2)c(=O)c1Cl. The highest BCUT2D eigenvalue weighted by Crippen LogP contribution is 2.20. The average molecular weight is 372 g/mol. The Hall–Kier alpha value is -1.60. The van der Waals surface area contributed by atoms with Crippen LogP contribution in [-0.4, -0.2) is 41.3 Å². The quantitative estimate of drug-likeness (QED) is 0.782. The number of aromatic nitrogens is 2. The van der Waals surface area contributed by atoms with Gasteiger partial charge in [-0.25, -0.2) is 0 Å². The summed E-state index contributed by atoms with van der Waals surface area (Å²) in [6.07, 6.45) is 1.35. The van der Waals surface area contributed by atoms with Crippen LogP contribution in [0, 0.1) is 6.92 Å². The van der Waals surface area contributed by atoms with Crippen LogP contribution in [0.3, 0.4) is 0 Å². The molecule has 1 unspecified atom stereocenters. The number of ether oxygens (including phenoxy) is 1. The summed E-state index contributed by atoms with van der Waals surface area (Å²) < 4.78 is 6.04. The number of hydrogen-bond donors (Lipinski definition) is 2. The Kier molecular flexibility index (Phi) is 6.62. The number of anilines is 1. The van der Waals surface area contributed by atoms with Crippen molar-refractivity contribution in [1.82, 2.24) is 9.78 Å². The van der Waals surface area contributed by atoms with Crippen molar-refractivity contribution in [3.8, 4) is 5.69 Å². The molecule has 0 saturated heterocycles. The molecule has 0 spiro atoms. The number of rotatable bonds is 7. The van der Waals surface area contributed by atoms with E-state index in [2.05, 4.69) is 10.4 Å². The maximum atomic E-state index is 12.4. The van der Waals surface area contributed by atoms with Crippen LogP contribution in [0.5, 0.6) is 0 Å². The highest BCUT2D eigenvalue weighted by atomic mass is 35.5. The zero-order valence-corrected chi connectivity index (χ0v) is 14.9. The summed E-state index contributed by atoms with van der Waals surface area (Å²) in [5.74, 6) is 0. The van der Waals surface area contributed by atoms with Gasteiger partial charge in [0, 0.05) is 18.7 Å². The molecule has 0 radical (unpaired) electrons. The van der Waals surface area contributed by atoms with Crippen LogP contribution in [-0.2, 0) is 4.74 Å². The summed E-state index contributed by atoms with van der Waals surface area (Å²) in [5, 5.41) is 17.3. The minimum Gasteiger partial charge on any atom is -0.391 e. The molecule has 1 atom stereocenters. The highest BCUT2D eigenvalue weighted by Gasteiger charge is 2.12. The number of nitrogens with zero attached hydrogens (tertiary/aromatic N) is 2.